The fourth-order valence-corrected chi connectivity index (χ4v) is 3.73. The monoisotopic (exact) mass is 428 g/mol. The number of carboxylic acid groups (broad SMARTS) is 2. The van der Waals surface area contributed by atoms with Gasteiger partial charge in [-0.2, -0.15) is 4.98 Å². The minimum Gasteiger partial charge on any atom is -0.481 e. The summed E-state index contributed by atoms with van der Waals surface area (Å²) in [4.78, 5) is 53.2. The number of aliphatic carboxylic acids is 2. The highest BCUT2D eigenvalue weighted by Crippen LogP contribution is 2.30. The number of aromatic amines is 1. The molecule has 2 atom stereocenters. The average Bonchev–Trinajstić information content (AvgIpc) is 3.12. The Morgan fingerprint density at radius 1 is 1.19 bits per heavy atom. The van der Waals surface area contributed by atoms with Crippen LogP contribution in [0.25, 0.3) is 0 Å². The van der Waals surface area contributed by atoms with Crippen LogP contribution in [-0.4, -0.2) is 44.4 Å². The predicted octanol–water partition coefficient (Wildman–Crippen LogP) is 1.63. The van der Waals surface area contributed by atoms with E-state index in [1.165, 1.54) is 0 Å². The number of fused-ring (bicyclic) bond motifs is 1. The van der Waals surface area contributed by atoms with Gasteiger partial charge in [-0.15, -0.1) is 0 Å². The van der Waals surface area contributed by atoms with Gasteiger partial charge >= 0.3 is 11.9 Å². The molecule has 1 aromatic carbocycles. The number of nitrogens with zero attached hydrogens (tertiary/aromatic N) is 1. The van der Waals surface area contributed by atoms with Gasteiger partial charge in [0.25, 0.3) is 5.56 Å². The van der Waals surface area contributed by atoms with E-state index in [0.717, 1.165) is 5.56 Å². The lowest BCUT2D eigenvalue weighted by molar-refractivity contribution is -0.142. The van der Waals surface area contributed by atoms with Crippen molar-refractivity contribution in [2.45, 2.75) is 38.0 Å². The highest BCUT2D eigenvalue weighted by Gasteiger charge is 2.27. The third kappa shape index (κ3) is 5.47. The summed E-state index contributed by atoms with van der Waals surface area (Å²) < 4.78 is 0. The molecule has 0 bridgehead atoms. The second-order valence-electron chi connectivity index (χ2n) is 7.62. The summed E-state index contributed by atoms with van der Waals surface area (Å²) in [5.41, 5.74) is 7.28. The summed E-state index contributed by atoms with van der Waals surface area (Å²) in [7, 11) is 0. The van der Waals surface area contributed by atoms with Crippen LogP contribution < -0.4 is 16.6 Å². The van der Waals surface area contributed by atoms with E-state index in [1.54, 1.807) is 24.3 Å². The van der Waals surface area contributed by atoms with E-state index in [9.17, 15) is 24.3 Å². The number of ketones is 1. The molecule has 31 heavy (non-hydrogen) atoms. The maximum Gasteiger partial charge on any atom is 0.306 e. The quantitative estimate of drug-likeness (QED) is 0.352. The number of hydrogen-bond acceptors (Lipinski definition) is 7. The van der Waals surface area contributed by atoms with Crippen LogP contribution in [0.5, 0.6) is 0 Å². The van der Waals surface area contributed by atoms with Gasteiger partial charge < -0.3 is 21.3 Å². The standard InChI is InChI=1S/C21H24N4O6/c22-21-24-18-17(19(29)25-21)14(10-23-18)6-3-11-1-4-12(5-2-11)15(26)9-13(20(30)31)7-8-16(27)28/h1-2,4-5,13-14H,3,6-10H2,(H,27,28)(H,30,31)(H4,22,23,24,25,29). The van der Waals surface area contributed by atoms with Crippen LogP contribution in [0.15, 0.2) is 29.1 Å². The van der Waals surface area contributed by atoms with Crippen molar-refractivity contribution in [2.75, 3.05) is 17.6 Å². The lowest BCUT2D eigenvalue weighted by atomic mass is 9.92. The first kappa shape index (κ1) is 22.0. The van der Waals surface area contributed by atoms with Crippen molar-refractivity contribution >= 4 is 29.5 Å². The molecule has 1 aliphatic heterocycles. The molecule has 1 aromatic heterocycles. The molecular weight excluding hydrogens is 404 g/mol. The normalized spacial score (nSPS) is 15.7. The highest BCUT2D eigenvalue weighted by atomic mass is 16.4. The van der Waals surface area contributed by atoms with E-state index >= 15 is 0 Å². The molecule has 2 heterocycles. The molecule has 10 nitrogen and oxygen atoms in total. The molecule has 164 valence electrons. The molecule has 0 radical (unpaired) electrons. The first-order valence-corrected chi connectivity index (χ1v) is 9.95. The van der Waals surface area contributed by atoms with E-state index in [-0.39, 0.29) is 42.5 Å². The summed E-state index contributed by atoms with van der Waals surface area (Å²) >= 11 is 0. The van der Waals surface area contributed by atoms with Crippen molar-refractivity contribution in [3.8, 4) is 0 Å². The number of benzene rings is 1. The number of carbonyl (C=O) groups is 3. The van der Waals surface area contributed by atoms with Crippen LogP contribution in [0.1, 0.15) is 53.1 Å². The van der Waals surface area contributed by atoms with Crippen LogP contribution in [0.4, 0.5) is 11.8 Å². The molecule has 1 aliphatic rings. The van der Waals surface area contributed by atoms with Gasteiger partial charge in [0, 0.05) is 30.9 Å². The van der Waals surface area contributed by atoms with E-state index in [0.29, 0.717) is 36.3 Å². The van der Waals surface area contributed by atoms with E-state index in [4.69, 9.17) is 10.8 Å². The van der Waals surface area contributed by atoms with Crippen molar-refractivity contribution in [2.24, 2.45) is 5.92 Å². The number of Topliss-reactive ketones (excluding diaryl/α,β-unsaturated/α-hetero) is 1. The molecule has 2 aromatic rings. The Hall–Kier alpha value is -3.69. The van der Waals surface area contributed by atoms with Crippen molar-refractivity contribution in [3.63, 3.8) is 0 Å². The Labute approximate surface area is 177 Å². The summed E-state index contributed by atoms with van der Waals surface area (Å²) in [5, 5.41) is 21.0. The van der Waals surface area contributed by atoms with Crippen molar-refractivity contribution < 1.29 is 24.6 Å². The van der Waals surface area contributed by atoms with Crippen LogP contribution >= 0.6 is 0 Å². The van der Waals surface area contributed by atoms with Crippen molar-refractivity contribution in [1.82, 2.24) is 9.97 Å². The van der Waals surface area contributed by atoms with Gasteiger partial charge in [0.1, 0.15) is 5.82 Å². The van der Waals surface area contributed by atoms with Gasteiger partial charge in [0.2, 0.25) is 5.95 Å². The fourth-order valence-electron chi connectivity index (χ4n) is 3.73. The van der Waals surface area contributed by atoms with Crippen LogP contribution in [0, 0.1) is 5.92 Å². The summed E-state index contributed by atoms with van der Waals surface area (Å²) in [6.45, 7) is 0.596. The number of rotatable bonds is 10. The summed E-state index contributed by atoms with van der Waals surface area (Å²) in [6, 6.07) is 6.89. The zero-order chi connectivity index (χ0) is 22.5. The van der Waals surface area contributed by atoms with Crippen LogP contribution in [0.2, 0.25) is 0 Å². The molecule has 0 amide bonds. The topological polar surface area (TPSA) is 175 Å². The largest absolute Gasteiger partial charge is 0.481 e. The number of H-pyrrole nitrogens is 1. The molecule has 2 unspecified atom stereocenters. The molecule has 0 saturated heterocycles. The number of nitrogens with one attached hydrogen (secondary N) is 2. The Balaban J connectivity index is 1.58. The van der Waals surface area contributed by atoms with Gasteiger partial charge in [-0.25, -0.2) is 0 Å². The molecule has 0 aliphatic carbocycles. The van der Waals surface area contributed by atoms with Crippen LogP contribution in [-0.2, 0) is 16.0 Å². The van der Waals surface area contributed by atoms with Gasteiger partial charge in [0.15, 0.2) is 5.78 Å². The third-order valence-corrected chi connectivity index (χ3v) is 5.44. The first-order chi connectivity index (χ1) is 14.7. The Bertz CT molecular complexity index is 1050. The second kappa shape index (κ2) is 9.41. The number of aryl methyl sites for hydroxylation is 1. The van der Waals surface area contributed by atoms with Crippen molar-refractivity contribution in [3.05, 3.63) is 51.3 Å². The fraction of sp³-hybridized carbons (Fsp3) is 0.381. The minimum absolute atomic E-state index is 0.00119. The first-order valence-electron chi connectivity index (χ1n) is 9.95. The Kier molecular flexibility index (Phi) is 6.68. The molecule has 3 rings (SSSR count). The molecule has 0 saturated carbocycles. The van der Waals surface area contributed by atoms with Crippen LogP contribution in [0.3, 0.4) is 0 Å². The molecule has 0 fully saturated rings. The second-order valence-corrected chi connectivity index (χ2v) is 7.62. The number of aromatic nitrogens is 2. The van der Waals surface area contributed by atoms with Gasteiger partial charge in [-0.1, -0.05) is 24.3 Å². The smallest absolute Gasteiger partial charge is 0.306 e. The predicted molar refractivity (Wildman–Crippen MR) is 112 cm³/mol. The maximum absolute atomic E-state index is 12.4. The summed E-state index contributed by atoms with van der Waals surface area (Å²) in [6.07, 6.45) is 0.752. The number of nitrogen functional groups attached to an aromatic ring is 1. The van der Waals surface area contributed by atoms with Gasteiger partial charge in [-0.3, -0.25) is 24.2 Å². The molecule has 6 N–H and O–H groups in total. The van der Waals surface area contributed by atoms with E-state index < -0.39 is 17.9 Å². The Morgan fingerprint density at radius 2 is 1.90 bits per heavy atom. The lowest BCUT2D eigenvalue weighted by Gasteiger charge is -2.11. The summed E-state index contributed by atoms with van der Waals surface area (Å²) in [5.74, 6) is -3.05. The van der Waals surface area contributed by atoms with E-state index in [2.05, 4.69) is 15.3 Å². The maximum atomic E-state index is 12.4. The SMILES string of the molecule is Nc1nc2c(c(=O)[nH]1)C(CCc1ccc(C(=O)CC(CCC(=O)O)C(=O)O)cc1)CN2. The lowest BCUT2D eigenvalue weighted by Crippen LogP contribution is -2.19. The van der Waals surface area contributed by atoms with Crippen molar-refractivity contribution in [1.29, 1.82) is 0 Å². The van der Waals surface area contributed by atoms with Gasteiger partial charge in [-0.05, 0) is 24.8 Å². The number of carbonyl (C=O) groups excluding carboxylic acids is 1. The van der Waals surface area contributed by atoms with Gasteiger partial charge in [0.05, 0.1) is 11.5 Å². The number of anilines is 2. The highest BCUT2D eigenvalue weighted by molar-refractivity contribution is 5.98. The Morgan fingerprint density at radius 3 is 2.55 bits per heavy atom. The molecular formula is C21H24N4O6. The average molecular weight is 428 g/mol. The third-order valence-electron chi connectivity index (χ3n) is 5.44. The number of carboxylic acids is 2. The molecule has 0 spiro atoms. The minimum atomic E-state index is -1.18. The zero-order valence-electron chi connectivity index (χ0n) is 16.8. The zero-order valence-corrected chi connectivity index (χ0v) is 16.8. The molecule has 10 heteroatoms. The van der Waals surface area contributed by atoms with E-state index in [1.807, 2.05) is 0 Å². The number of hydrogen-bond donors (Lipinski definition) is 5. The number of nitrogens with two attached hydrogens (primary N) is 1.